The largest absolute Gasteiger partial charge is 0.459 e. The number of hydrogen-bond acceptors (Lipinski definition) is 9. The molecule has 1 rings (SSSR count). The number of benzene rings is 1. The van der Waals surface area contributed by atoms with E-state index in [9.17, 15) is 14.4 Å². The van der Waals surface area contributed by atoms with Crippen molar-refractivity contribution >= 4 is 55.1 Å². The minimum absolute atomic E-state index is 0. The zero-order chi connectivity index (χ0) is 22.7. The van der Waals surface area contributed by atoms with Crippen LogP contribution in [-0.2, 0) is 25.5 Å². The molecule has 0 aromatic heterocycles. The summed E-state index contributed by atoms with van der Waals surface area (Å²) in [4.78, 5) is 36.1. The Labute approximate surface area is 213 Å². The molecule has 0 saturated heterocycles. The van der Waals surface area contributed by atoms with Crippen LogP contribution >= 0.6 is 37.2 Å². The summed E-state index contributed by atoms with van der Waals surface area (Å²) in [5, 5.41) is 0. The van der Waals surface area contributed by atoms with Gasteiger partial charge in [-0.05, 0) is 70.8 Å². The highest BCUT2D eigenvalue weighted by Gasteiger charge is 2.23. The molecular weight excluding hydrogens is 497 g/mol. The number of carbonyl (C=O) groups is 3. The summed E-state index contributed by atoms with van der Waals surface area (Å²) in [6.45, 7) is 5.97. The summed E-state index contributed by atoms with van der Waals surface area (Å²) in [6.07, 6.45) is 1.37. The average Bonchev–Trinajstić information content (AvgIpc) is 2.65. The second-order valence-corrected chi connectivity index (χ2v) is 7.86. The van der Waals surface area contributed by atoms with E-state index in [4.69, 9.17) is 31.4 Å². The highest BCUT2D eigenvalue weighted by Crippen LogP contribution is 2.30. The van der Waals surface area contributed by atoms with E-state index in [2.05, 4.69) is 0 Å². The summed E-state index contributed by atoms with van der Waals surface area (Å²) >= 11 is 0. The lowest BCUT2D eigenvalue weighted by molar-refractivity contribution is -0.156. The Morgan fingerprint density at radius 3 is 1.82 bits per heavy atom. The molecule has 0 radical (unpaired) electrons. The van der Waals surface area contributed by atoms with Gasteiger partial charge < -0.3 is 31.4 Å². The first-order valence-corrected chi connectivity index (χ1v) is 9.98. The van der Waals surface area contributed by atoms with Crippen molar-refractivity contribution in [2.45, 2.75) is 64.5 Å². The lowest BCUT2D eigenvalue weighted by Gasteiger charge is -2.22. The summed E-state index contributed by atoms with van der Waals surface area (Å²) in [7, 11) is 0. The van der Waals surface area contributed by atoms with Gasteiger partial charge in [-0.25, -0.2) is 0 Å². The van der Waals surface area contributed by atoms with Crippen molar-refractivity contribution in [2.75, 3.05) is 13.1 Å². The van der Waals surface area contributed by atoms with Crippen molar-refractivity contribution in [2.24, 2.45) is 17.2 Å². The molecule has 1 aromatic carbocycles. The number of hydrogen-bond donors (Lipinski definition) is 3. The fourth-order valence-electron chi connectivity index (χ4n) is 2.40. The summed E-state index contributed by atoms with van der Waals surface area (Å²) in [6, 6.07) is 3.77. The van der Waals surface area contributed by atoms with E-state index in [1.165, 1.54) is 12.1 Å². The van der Waals surface area contributed by atoms with Crippen molar-refractivity contribution in [3.05, 3.63) is 23.8 Å². The minimum atomic E-state index is -0.900. The van der Waals surface area contributed by atoms with Gasteiger partial charge >= 0.3 is 17.9 Å². The first-order chi connectivity index (χ1) is 14.1. The standard InChI is InChI=1S/C21H33N3O6.3ClH/c1-21(2,3)30-20(27)15(24)12-14-8-9-16(28-18(25)6-4-10-22)17(13-14)29-19(26)7-5-11-23;;;/h8-9,13,15H,4-7,10-12,22-24H2,1-3H3;3*1H. The Morgan fingerprint density at radius 2 is 1.36 bits per heavy atom. The molecule has 9 nitrogen and oxygen atoms in total. The molecule has 1 atom stereocenters. The first kappa shape index (κ1) is 36.0. The zero-order valence-electron chi connectivity index (χ0n) is 19.2. The summed E-state index contributed by atoms with van der Waals surface area (Å²) < 4.78 is 16.0. The molecule has 0 spiro atoms. The van der Waals surface area contributed by atoms with Gasteiger partial charge in [0.05, 0.1) is 0 Å². The number of halogens is 3. The van der Waals surface area contributed by atoms with E-state index in [1.54, 1.807) is 26.8 Å². The van der Waals surface area contributed by atoms with Gasteiger partial charge in [0, 0.05) is 12.8 Å². The maximum absolute atomic E-state index is 12.1. The molecule has 0 saturated carbocycles. The van der Waals surface area contributed by atoms with E-state index >= 15 is 0 Å². The van der Waals surface area contributed by atoms with Crippen molar-refractivity contribution in [1.29, 1.82) is 0 Å². The van der Waals surface area contributed by atoms with Gasteiger partial charge in [0.2, 0.25) is 0 Å². The fraction of sp³-hybridized carbons (Fsp3) is 0.571. The van der Waals surface area contributed by atoms with Gasteiger partial charge in [-0.15, -0.1) is 37.2 Å². The second kappa shape index (κ2) is 17.8. The van der Waals surface area contributed by atoms with Gasteiger partial charge in [-0.3, -0.25) is 14.4 Å². The van der Waals surface area contributed by atoms with Crippen LogP contribution in [0.2, 0.25) is 0 Å². The van der Waals surface area contributed by atoms with Crippen LogP contribution < -0.4 is 26.7 Å². The molecule has 0 amide bonds. The molecular formula is C21H36Cl3N3O6. The van der Waals surface area contributed by atoms with E-state index < -0.39 is 29.6 Å². The molecule has 0 bridgehead atoms. The molecule has 12 heteroatoms. The first-order valence-electron chi connectivity index (χ1n) is 9.98. The van der Waals surface area contributed by atoms with Crippen molar-refractivity contribution in [3.8, 4) is 11.5 Å². The molecule has 0 aliphatic rings. The van der Waals surface area contributed by atoms with Gasteiger partial charge in [0.1, 0.15) is 11.6 Å². The SMILES string of the molecule is CC(C)(C)OC(=O)C(N)Cc1ccc(OC(=O)CCCN)c(OC(=O)CCCN)c1.Cl.Cl.Cl. The molecule has 1 aromatic rings. The third kappa shape index (κ3) is 15.0. The Hall–Kier alpha value is -1.62. The highest BCUT2D eigenvalue weighted by molar-refractivity contribution is 5.86. The molecule has 0 heterocycles. The van der Waals surface area contributed by atoms with Crippen LogP contribution in [0.4, 0.5) is 0 Å². The molecule has 192 valence electrons. The van der Waals surface area contributed by atoms with Gasteiger partial charge in [-0.1, -0.05) is 6.07 Å². The van der Waals surface area contributed by atoms with E-state index in [1.807, 2.05) is 0 Å². The van der Waals surface area contributed by atoms with Crippen LogP contribution in [0, 0.1) is 0 Å². The molecule has 1 unspecified atom stereocenters. The maximum atomic E-state index is 12.1. The Balaban J connectivity index is -0.00000300. The van der Waals surface area contributed by atoms with Crippen LogP contribution in [0.1, 0.15) is 52.0 Å². The molecule has 33 heavy (non-hydrogen) atoms. The smallest absolute Gasteiger partial charge is 0.323 e. The number of nitrogens with two attached hydrogens (primary N) is 3. The Morgan fingerprint density at radius 1 is 0.879 bits per heavy atom. The van der Waals surface area contributed by atoms with Crippen molar-refractivity contribution < 1.29 is 28.6 Å². The van der Waals surface area contributed by atoms with Crippen LogP contribution in [0.3, 0.4) is 0 Å². The van der Waals surface area contributed by atoms with Crippen molar-refractivity contribution in [3.63, 3.8) is 0 Å². The second-order valence-electron chi connectivity index (χ2n) is 7.86. The van der Waals surface area contributed by atoms with Gasteiger partial charge in [0.25, 0.3) is 0 Å². The van der Waals surface area contributed by atoms with Crippen LogP contribution in [0.5, 0.6) is 11.5 Å². The predicted octanol–water partition coefficient (Wildman–Crippen LogP) is 2.45. The third-order valence-electron chi connectivity index (χ3n) is 3.79. The number of ether oxygens (including phenoxy) is 3. The number of rotatable bonds is 11. The van der Waals surface area contributed by atoms with Gasteiger partial charge in [-0.2, -0.15) is 0 Å². The van der Waals surface area contributed by atoms with Crippen LogP contribution in [-0.4, -0.2) is 42.6 Å². The van der Waals surface area contributed by atoms with Gasteiger partial charge in [0.15, 0.2) is 11.5 Å². The average molecular weight is 533 g/mol. The molecule has 6 N–H and O–H groups in total. The normalized spacial score (nSPS) is 11.1. The highest BCUT2D eigenvalue weighted by atomic mass is 35.5. The lowest BCUT2D eigenvalue weighted by atomic mass is 10.1. The number of carbonyl (C=O) groups excluding carboxylic acids is 3. The van der Waals surface area contributed by atoms with Crippen LogP contribution in [0.25, 0.3) is 0 Å². The zero-order valence-corrected chi connectivity index (χ0v) is 21.6. The lowest BCUT2D eigenvalue weighted by Crippen LogP contribution is -2.38. The maximum Gasteiger partial charge on any atom is 0.323 e. The quantitative estimate of drug-likeness (QED) is 0.287. The third-order valence-corrected chi connectivity index (χ3v) is 3.79. The van der Waals surface area contributed by atoms with Crippen LogP contribution in [0.15, 0.2) is 18.2 Å². The van der Waals surface area contributed by atoms with E-state index in [0.29, 0.717) is 31.5 Å². The monoisotopic (exact) mass is 531 g/mol. The minimum Gasteiger partial charge on any atom is -0.459 e. The molecule has 0 aliphatic heterocycles. The van der Waals surface area contributed by atoms with E-state index in [-0.39, 0.29) is 68.0 Å². The fourth-order valence-corrected chi connectivity index (χ4v) is 2.40. The number of esters is 3. The van der Waals surface area contributed by atoms with Crippen molar-refractivity contribution in [1.82, 2.24) is 0 Å². The molecule has 0 fully saturated rings. The Kier molecular flexibility index (Phi) is 19.4. The predicted molar refractivity (Wildman–Crippen MR) is 134 cm³/mol. The summed E-state index contributed by atoms with van der Waals surface area (Å²) in [5.74, 6) is -1.35. The Bertz CT molecular complexity index is 744. The molecule has 0 aliphatic carbocycles. The topological polar surface area (TPSA) is 157 Å². The summed E-state index contributed by atoms with van der Waals surface area (Å²) in [5.41, 5.74) is 16.7. The van der Waals surface area contributed by atoms with E-state index in [0.717, 1.165) is 0 Å².